The van der Waals surface area contributed by atoms with Gasteiger partial charge in [-0.2, -0.15) is 0 Å². The molecule has 4 nitrogen and oxygen atoms in total. The van der Waals surface area contributed by atoms with E-state index < -0.39 is 5.97 Å². The van der Waals surface area contributed by atoms with Crippen molar-refractivity contribution in [2.75, 3.05) is 6.61 Å². The van der Waals surface area contributed by atoms with Crippen molar-refractivity contribution >= 4 is 17.9 Å². The lowest BCUT2D eigenvalue weighted by atomic mass is 10.2. The van der Waals surface area contributed by atoms with E-state index >= 15 is 0 Å². The Balaban J connectivity index is 1.85. The molecule has 0 amide bonds. The number of nitrogens with zero attached hydrogens (tertiary/aromatic N) is 1. The third-order valence-corrected chi connectivity index (χ3v) is 3.24. The monoisotopic (exact) mass is 323 g/mol. The molecule has 2 aromatic carbocycles. The summed E-state index contributed by atoms with van der Waals surface area (Å²) >= 11 is 0. The summed E-state index contributed by atoms with van der Waals surface area (Å²) in [7, 11) is 0. The van der Waals surface area contributed by atoms with Crippen LogP contribution in [0.15, 0.2) is 71.9 Å². The average Bonchev–Trinajstić information content (AvgIpc) is 2.95. The van der Waals surface area contributed by atoms with E-state index in [1.807, 2.05) is 18.2 Å². The zero-order chi connectivity index (χ0) is 16.9. The van der Waals surface area contributed by atoms with Crippen LogP contribution in [0.3, 0.4) is 0 Å². The lowest BCUT2D eigenvalue weighted by Gasteiger charge is -2.03. The highest BCUT2D eigenvalue weighted by Crippen LogP contribution is 2.21. The van der Waals surface area contributed by atoms with Crippen LogP contribution in [0.4, 0.5) is 4.39 Å². The molecular weight excluding hydrogens is 309 g/mol. The molecule has 0 fully saturated rings. The zero-order valence-corrected chi connectivity index (χ0v) is 12.7. The number of benzene rings is 2. The van der Waals surface area contributed by atoms with Crippen molar-refractivity contribution in [2.24, 2.45) is 4.99 Å². The highest BCUT2D eigenvalue weighted by molar-refractivity contribution is 6.12. The maximum atomic E-state index is 13.0. The molecule has 0 bridgehead atoms. The molecule has 0 radical (unpaired) electrons. The molecule has 0 saturated heterocycles. The van der Waals surface area contributed by atoms with E-state index in [0.717, 1.165) is 5.56 Å². The van der Waals surface area contributed by atoms with E-state index in [9.17, 15) is 9.18 Å². The molecule has 5 heteroatoms. The topological polar surface area (TPSA) is 47.9 Å². The molecule has 3 rings (SSSR count). The Labute approximate surface area is 138 Å². The van der Waals surface area contributed by atoms with E-state index in [-0.39, 0.29) is 17.4 Å². The summed E-state index contributed by atoms with van der Waals surface area (Å²) in [5.41, 5.74) is 1.47. The number of carbonyl (C=O) groups excluding carboxylic acids is 1. The number of hydrogen-bond acceptors (Lipinski definition) is 4. The summed E-state index contributed by atoms with van der Waals surface area (Å²) in [5, 5.41) is 0. The van der Waals surface area contributed by atoms with Crippen molar-refractivity contribution in [1.82, 2.24) is 0 Å². The average molecular weight is 323 g/mol. The van der Waals surface area contributed by atoms with Crippen LogP contribution in [0, 0.1) is 5.82 Å². The van der Waals surface area contributed by atoms with Gasteiger partial charge in [0.1, 0.15) is 18.2 Å². The lowest BCUT2D eigenvalue weighted by Crippen LogP contribution is -2.05. The van der Waals surface area contributed by atoms with Gasteiger partial charge in [-0.3, -0.25) is 0 Å². The summed E-state index contributed by atoms with van der Waals surface area (Å²) in [6.45, 7) is 3.99. The van der Waals surface area contributed by atoms with Crippen LogP contribution in [0.5, 0.6) is 5.75 Å². The van der Waals surface area contributed by atoms with E-state index in [4.69, 9.17) is 9.47 Å². The first-order valence-electron chi connectivity index (χ1n) is 7.28. The van der Waals surface area contributed by atoms with Gasteiger partial charge in [-0.05, 0) is 48.0 Å². The molecule has 1 aliphatic heterocycles. The maximum absolute atomic E-state index is 13.0. The number of carbonyl (C=O) groups is 1. The first kappa shape index (κ1) is 15.7. The molecule has 2 aromatic rings. The zero-order valence-electron chi connectivity index (χ0n) is 12.7. The van der Waals surface area contributed by atoms with E-state index in [2.05, 4.69) is 11.6 Å². The largest absolute Gasteiger partial charge is 0.490 e. The van der Waals surface area contributed by atoms with Gasteiger partial charge in [-0.1, -0.05) is 24.8 Å². The van der Waals surface area contributed by atoms with Gasteiger partial charge in [0.25, 0.3) is 0 Å². The second-order valence-corrected chi connectivity index (χ2v) is 5.02. The van der Waals surface area contributed by atoms with Gasteiger partial charge < -0.3 is 9.47 Å². The Morgan fingerprint density at radius 3 is 2.75 bits per heavy atom. The van der Waals surface area contributed by atoms with E-state index in [1.165, 1.54) is 24.3 Å². The molecule has 0 unspecified atom stereocenters. The van der Waals surface area contributed by atoms with Gasteiger partial charge >= 0.3 is 5.97 Å². The molecule has 24 heavy (non-hydrogen) atoms. The molecule has 0 aliphatic carbocycles. The quantitative estimate of drug-likeness (QED) is 0.478. The Morgan fingerprint density at radius 2 is 2.00 bits per heavy atom. The number of rotatable bonds is 5. The number of ether oxygens (including phenoxy) is 2. The van der Waals surface area contributed by atoms with Crippen LogP contribution in [0.1, 0.15) is 11.1 Å². The number of hydrogen-bond donors (Lipinski definition) is 0. The van der Waals surface area contributed by atoms with Crippen molar-refractivity contribution in [1.29, 1.82) is 0 Å². The molecule has 1 heterocycles. The standard InChI is InChI=1S/C19H14FNO3/c1-2-10-23-16-5-3-4-13(11-16)12-17-19(22)24-18(21-17)14-6-8-15(20)9-7-14/h2-9,11-12H,1,10H2/b17-12-. The minimum atomic E-state index is -0.549. The minimum absolute atomic E-state index is 0.158. The molecule has 0 aromatic heterocycles. The summed E-state index contributed by atoms with van der Waals surface area (Å²) in [6, 6.07) is 12.8. The van der Waals surface area contributed by atoms with Gasteiger partial charge in [-0.25, -0.2) is 14.2 Å². The van der Waals surface area contributed by atoms with Crippen molar-refractivity contribution in [3.8, 4) is 5.75 Å². The normalized spacial score (nSPS) is 15.1. The van der Waals surface area contributed by atoms with Crippen molar-refractivity contribution in [3.63, 3.8) is 0 Å². The Morgan fingerprint density at radius 1 is 1.21 bits per heavy atom. The smallest absolute Gasteiger partial charge is 0.363 e. The SMILES string of the molecule is C=CCOc1cccc(/C=C2\N=C(c3ccc(F)cc3)OC2=O)c1. The minimum Gasteiger partial charge on any atom is -0.490 e. The van der Waals surface area contributed by atoms with Crippen LogP contribution in [0.25, 0.3) is 6.08 Å². The van der Waals surface area contributed by atoms with Crippen LogP contribution in [-0.2, 0) is 9.53 Å². The second-order valence-electron chi connectivity index (χ2n) is 5.02. The van der Waals surface area contributed by atoms with Crippen LogP contribution in [-0.4, -0.2) is 18.5 Å². The molecule has 0 spiro atoms. The predicted molar refractivity (Wildman–Crippen MR) is 89.1 cm³/mol. The number of cyclic esters (lactones) is 1. The lowest BCUT2D eigenvalue weighted by molar-refractivity contribution is -0.129. The number of esters is 1. The highest BCUT2D eigenvalue weighted by Gasteiger charge is 2.24. The molecular formula is C19H14FNO3. The van der Waals surface area contributed by atoms with E-state index in [1.54, 1.807) is 18.2 Å². The molecule has 0 atom stereocenters. The van der Waals surface area contributed by atoms with Crippen molar-refractivity contribution in [3.05, 3.63) is 83.8 Å². The molecule has 1 aliphatic rings. The third kappa shape index (κ3) is 3.57. The highest BCUT2D eigenvalue weighted by atomic mass is 19.1. The van der Waals surface area contributed by atoms with Gasteiger partial charge in [0, 0.05) is 5.56 Å². The fourth-order valence-corrected chi connectivity index (χ4v) is 2.13. The molecule has 0 N–H and O–H groups in total. The summed E-state index contributed by atoms with van der Waals surface area (Å²) in [5.74, 6) is -0.0915. The Kier molecular flexibility index (Phi) is 4.52. The first-order chi connectivity index (χ1) is 11.7. The fraction of sp³-hybridized carbons (Fsp3) is 0.0526. The summed E-state index contributed by atoms with van der Waals surface area (Å²) in [4.78, 5) is 16.1. The van der Waals surface area contributed by atoms with Crippen LogP contribution >= 0.6 is 0 Å². The Hall–Kier alpha value is -3.21. The second kappa shape index (κ2) is 6.91. The number of halogens is 1. The summed E-state index contributed by atoms with van der Waals surface area (Å²) < 4.78 is 23.6. The summed E-state index contributed by atoms with van der Waals surface area (Å²) in [6.07, 6.45) is 3.26. The predicted octanol–water partition coefficient (Wildman–Crippen LogP) is 3.74. The Bertz CT molecular complexity index is 838. The van der Waals surface area contributed by atoms with Crippen molar-refractivity contribution in [2.45, 2.75) is 0 Å². The maximum Gasteiger partial charge on any atom is 0.363 e. The van der Waals surface area contributed by atoms with Crippen LogP contribution < -0.4 is 4.74 Å². The van der Waals surface area contributed by atoms with Gasteiger partial charge in [0.05, 0.1) is 0 Å². The van der Waals surface area contributed by atoms with Gasteiger partial charge in [0.15, 0.2) is 5.70 Å². The fourth-order valence-electron chi connectivity index (χ4n) is 2.13. The molecule has 0 saturated carbocycles. The van der Waals surface area contributed by atoms with Gasteiger partial charge in [0.2, 0.25) is 5.90 Å². The van der Waals surface area contributed by atoms with E-state index in [0.29, 0.717) is 17.9 Å². The van der Waals surface area contributed by atoms with Crippen LogP contribution in [0.2, 0.25) is 0 Å². The van der Waals surface area contributed by atoms with Gasteiger partial charge in [-0.15, -0.1) is 0 Å². The molecule has 120 valence electrons. The first-order valence-corrected chi connectivity index (χ1v) is 7.28. The number of aliphatic imine (C=N–C) groups is 1. The van der Waals surface area contributed by atoms with Crippen molar-refractivity contribution < 1.29 is 18.7 Å². The third-order valence-electron chi connectivity index (χ3n) is 3.24.